The molecule has 0 radical (unpaired) electrons. The van der Waals surface area contributed by atoms with Crippen molar-refractivity contribution in [2.75, 3.05) is 26.7 Å². The molecular weight excluding hydrogens is 200 g/mol. The standard InChI is InChI=1S/C13H18N2O/c1-14-9-8-13(16)11-15(14)10-7-12-5-3-2-4-6-12/h2-6H,7-11H2,1H3. The molecule has 0 atom stereocenters. The third kappa shape index (κ3) is 2.90. The van der Waals surface area contributed by atoms with E-state index in [-0.39, 0.29) is 0 Å². The Morgan fingerprint density at radius 1 is 1.25 bits per heavy atom. The minimum atomic E-state index is 0.353. The summed E-state index contributed by atoms with van der Waals surface area (Å²) < 4.78 is 0. The van der Waals surface area contributed by atoms with Crippen LogP contribution in [-0.4, -0.2) is 42.5 Å². The van der Waals surface area contributed by atoms with E-state index < -0.39 is 0 Å². The fourth-order valence-electron chi connectivity index (χ4n) is 1.98. The molecule has 1 aromatic rings. The average Bonchev–Trinajstić information content (AvgIpc) is 2.32. The van der Waals surface area contributed by atoms with E-state index in [9.17, 15) is 4.79 Å². The third-order valence-electron chi connectivity index (χ3n) is 3.06. The van der Waals surface area contributed by atoms with Gasteiger partial charge < -0.3 is 0 Å². The smallest absolute Gasteiger partial charge is 0.149 e. The summed E-state index contributed by atoms with van der Waals surface area (Å²) >= 11 is 0. The molecule has 16 heavy (non-hydrogen) atoms. The summed E-state index contributed by atoms with van der Waals surface area (Å²) in [6, 6.07) is 10.4. The predicted octanol–water partition coefficient (Wildman–Crippen LogP) is 1.35. The van der Waals surface area contributed by atoms with E-state index in [1.54, 1.807) is 0 Å². The van der Waals surface area contributed by atoms with Crippen molar-refractivity contribution in [3.63, 3.8) is 0 Å². The van der Waals surface area contributed by atoms with Crippen LogP contribution in [0.5, 0.6) is 0 Å². The maximum atomic E-state index is 11.4. The molecule has 0 N–H and O–H groups in total. The second-order valence-corrected chi connectivity index (χ2v) is 4.29. The molecule has 1 heterocycles. The SMILES string of the molecule is CN1CCC(=O)CN1CCc1ccccc1. The van der Waals surface area contributed by atoms with Gasteiger partial charge in [-0.3, -0.25) is 4.79 Å². The molecule has 86 valence electrons. The second-order valence-electron chi connectivity index (χ2n) is 4.29. The molecule has 0 aliphatic carbocycles. The van der Waals surface area contributed by atoms with Gasteiger partial charge in [-0.05, 0) is 12.0 Å². The molecule has 1 saturated heterocycles. The van der Waals surface area contributed by atoms with Gasteiger partial charge in [-0.2, -0.15) is 0 Å². The Labute approximate surface area is 96.6 Å². The van der Waals surface area contributed by atoms with Gasteiger partial charge in [0.15, 0.2) is 0 Å². The van der Waals surface area contributed by atoms with E-state index in [4.69, 9.17) is 0 Å². The number of carbonyl (C=O) groups excluding carboxylic acids is 1. The number of hydrogen-bond acceptors (Lipinski definition) is 3. The summed E-state index contributed by atoms with van der Waals surface area (Å²) in [6.45, 7) is 2.35. The Morgan fingerprint density at radius 2 is 2.00 bits per heavy atom. The van der Waals surface area contributed by atoms with Gasteiger partial charge in [0.2, 0.25) is 0 Å². The van der Waals surface area contributed by atoms with Crippen molar-refractivity contribution in [2.24, 2.45) is 0 Å². The lowest BCUT2D eigenvalue weighted by molar-refractivity contribution is -0.132. The van der Waals surface area contributed by atoms with Crippen LogP contribution in [0.3, 0.4) is 0 Å². The molecule has 1 aromatic carbocycles. The zero-order chi connectivity index (χ0) is 11.4. The normalized spacial score (nSPS) is 18.9. The number of rotatable bonds is 3. The first kappa shape index (κ1) is 11.3. The van der Waals surface area contributed by atoms with E-state index in [0.29, 0.717) is 18.7 Å². The maximum Gasteiger partial charge on any atom is 0.149 e. The number of hydrazine groups is 1. The van der Waals surface area contributed by atoms with E-state index in [1.807, 2.05) is 6.07 Å². The summed E-state index contributed by atoms with van der Waals surface area (Å²) in [6.07, 6.45) is 1.69. The zero-order valence-electron chi connectivity index (χ0n) is 9.72. The van der Waals surface area contributed by atoms with Gasteiger partial charge in [-0.15, -0.1) is 0 Å². The largest absolute Gasteiger partial charge is 0.298 e. The Hall–Kier alpha value is -1.19. The Kier molecular flexibility index (Phi) is 3.70. The van der Waals surface area contributed by atoms with Crippen LogP contribution < -0.4 is 0 Å². The Morgan fingerprint density at radius 3 is 2.75 bits per heavy atom. The van der Waals surface area contributed by atoms with E-state index in [2.05, 4.69) is 41.3 Å². The number of carbonyl (C=O) groups is 1. The highest BCUT2D eigenvalue weighted by atomic mass is 16.1. The van der Waals surface area contributed by atoms with Gasteiger partial charge in [0, 0.05) is 26.6 Å². The molecule has 0 amide bonds. The molecule has 0 aromatic heterocycles. The lowest BCUT2D eigenvalue weighted by Gasteiger charge is -2.35. The number of ketones is 1. The highest BCUT2D eigenvalue weighted by molar-refractivity contribution is 5.81. The van der Waals surface area contributed by atoms with Crippen molar-refractivity contribution in [2.45, 2.75) is 12.8 Å². The van der Waals surface area contributed by atoms with Crippen LogP contribution in [0, 0.1) is 0 Å². The van der Waals surface area contributed by atoms with E-state index >= 15 is 0 Å². The topological polar surface area (TPSA) is 23.6 Å². The Bertz CT molecular complexity index is 350. The quantitative estimate of drug-likeness (QED) is 0.765. The van der Waals surface area contributed by atoms with Crippen molar-refractivity contribution in [3.05, 3.63) is 35.9 Å². The van der Waals surface area contributed by atoms with Crippen LogP contribution in [0.25, 0.3) is 0 Å². The van der Waals surface area contributed by atoms with E-state index in [0.717, 1.165) is 19.5 Å². The molecule has 2 rings (SSSR count). The van der Waals surface area contributed by atoms with Crippen molar-refractivity contribution >= 4 is 5.78 Å². The van der Waals surface area contributed by atoms with Gasteiger partial charge in [0.05, 0.1) is 6.54 Å². The zero-order valence-corrected chi connectivity index (χ0v) is 9.72. The van der Waals surface area contributed by atoms with Crippen LogP contribution >= 0.6 is 0 Å². The third-order valence-corrected chi connectivity index (χ3v) is 3.06. The van der Waals surface area contributed by atoms with Crippen LogP contribution in [0.2, 0.25) is 0 Å². The van der Waals surface area contributed by atoms with Crippen LogP contribution in [0.1, 0.15) is 12.0 Å². The average molecular weight is 218 g/mol. The summed E-state index contributed by atoms with van der Waals surface area (Å²) in [5.74, 6) is 0.353. The molecule has 3 nitrogen and oxygen atoms in total. The predicted molar refractivity (Wildman–Crippen MR) is 64.0 cm³/mol. The molecule has 1 aliphatic rings. The molecule has 1 aliphatic heterocycles. The highest BCUT2D eigenvalue weighted by Crippen LogP contribution is 2.08. The fourth-order valence-corrected chi connectivity index (χ4v) is 1.98. The molecular formula is C13H18N2O. The minimum absolute atomic E-state index is 0.353. The Balaban J connectivity index is 1.87. The molecule has 0 spiro atoms. The van der Waals surface area contributed by atoms with Crippen LogP contribution in [0.4, 0.5) is 0 Å². The number of hydrogen-bond donors (Lipinski definition) is 0. The monoisotopic (exact) mass is 218 g/mol. The molecule has 0 saturated carbocycles. The van der Waals surface area contributed by atoms with Gasteiger partial charge >= 0.3 is 0 Å². The van der Waals surface area contributed by atoms with Crippen LogP contribution in [0.15, 0.2) is 30.3 Å². The van der Waals surface area contributed by atoms with Crippen LogP contribution in [-0.2, 0) is 11.2 Å². The summed E-state index contributed by atoms with van der Waals surface area (Å²) in [4.78, 5) is 11.4. The second kappa shape index (κ2) is 5.23. The summed E-state index contributed by atoms with van der Waals surface area (Å²) in [7, 11) is 2.05. The number of Topliss-reactive ketones (excluding diaryl/α,β-unsaturated/α-hetero) is 1. The summed E-state index contributed by atoms with van der Waals surface area (Å²) in [5.41, 5.74) is 1.33. The van der Waals surface area contributed by atoms with E-state index in [1.165, 1.54) is 5.56 Å². The molecule has 3 heteroatoms. The number of nitrogens with zero attached hydrogens (tertiary/aromatic N) is 2. The minimum Gasteiger partial charge on any atom is -0.298 e. The van der Waals surface area contributed by atoms with Crippen molar-refractivity contribution in [3.8, 4) is 0 Å². The molecule has 0 bridgehead atoms. The highest BCUT2D eigenvalue weighted by Gasteiger charge is 2.20. The first-order chi connectivity index (χ1) is 7.75. The summed E-state index contributed by atoms with van der Waals surface area (Å²) in [5, 5.41) is 4.29. The molecule has 0 unspecified atom stereocenters. The van der Waals surface area contributed by atoms with Crippen molar-refractivity contribution in [1.29, 1.82) is 0 Å². The first-order valence-electron chi connectivity index (χ1n) is 5.77. The van der Waals surface area contributed by atoms with Crippen molar-refractivity contribution in [1.82, 2.24) is 10.0 Å². The lowest BCUT2D eigenvalue weighted by atomic mass is 10.1. The van der Waals surface area contributed by atoms with Gasteiger partial charge in [-0.25, -0.2) is 10.0 Å². The first-order valence-corrected chi connectivity index (χ1v) is 5.77. The lowest BCUT2D eigenvalue weighted by Crippen LogP contribution is -2.49. The maximum absolute atomic E-state index is 11.4. The molecule has 1 fully saturated rings. The van der Waals surface area contributed by atoms with Gasteiger partial charge in [-0.1, -0.05) is 30.3 Å². The fraction of sp³-hybridized carbons (Fsp3) is 0.462. The van der Waals surface area contributed by atoms with Gasteiger partial charge in [0.25, 0.3) is 0 Å². The van der Waals surface area contributed by atoms with Crippen molar-refractivity contribution < 1.29 is 4.79 Å². The number of benzene rings is 1. The van der Waals surface area contributed by atoms with Gasteiger partial charge in [0.1, 0.15) is 5.78 Å².